The third-order valence-corrected chi connectivity index (χ3v) is 5.10. The average molecular weight is 417 g/mol. The highest BCUT2D eigenvalue weighted by Crippen LogP contribution is 2.32. The lowest BCUT2D eigenvalue weighted by Crippen LogP contribution is -2.47. The minimum atomic E-state index is -0.574. The van der Waals surface area contributed by atoms with Crippen LogP contribution < -0.4 is 14.8 Å². The highest BCUT2D eigenvalue weighted by Gasteiger charge is 2.25. The Kier molecular flexibility index (Phi) is 6.99. The topological polar surface area (TPSA) is 67.9 Å². The molecule has 2 amide bonds. The second-order valence-corrected chi connectivity index (χ2v) is 7.34. The minimum absolute atomic E-state index is 0.0867. The Morgan fingerprint density at radius 3 is 2.52 bits per heavy atom. The van der Waals surface area contributed by atoms with Gasteiger partial charge in [0.1, 0.15) is 6.04 Å². The fraction of sp³-hybridized carbons (Fsp3) is 0.364. The van der Waals surface area contributed by atoms with E-state index >= 15 is 0 Å². The van der Waals surface area contributed by atoms with Gasteiger partial charge in [-0.3, -0.25) is 9.59 Å². The minimum Gasteiger partial charge on any atom is -0.454 e. The van der Waals surface area contributed by atoms with Crippen molar-refractivity contribution >= 4 is 23.4 Å². The molecule has 0 radical (unpaired) electrons. The average Bonchev–Trinajstić information content (AvgIpc) is 3.19. The van der Waals surface area contributed by atoms with Gasteiger partial charge in [-0.25, -0.2) is 0 Å². The van der Waals surface area contributed by atoms with E-state index in [9.17, 15) is 9.59 Å². The van der Waals surface area contributed by atoms with Crippen molar-refractivity contribution in [3.05, 3.63) is 58.6 Å². The summed E-state index contributed by atoms with van der Waals surface area (Å²) in [6.45, 7) is 4.68. The highest BCUT2D eigenvalue weighted by molar-refractivity contribution is 6.30. The number of nitrogens with one attached hydrogen (secondary N) is 1. The summed E-state index contributed by atoms with van der Waals surface area (Å²) >= 11 is 5.96. The number of fused-ring (bicyclic) bond motifs is 1. The summed E-state index contributed by atoms with van der Waals surface area (Å²) in [5, 5.41) is 3.42. The summed E-state index contributed by atoms with van der Waals surface area (Å²) in [7, 11) is 0. The number of likely N-dealkylation sites (N-methyl/N-ethyl adjacent to an activating group) is 1. The van der Waals surface area contributed by atoms with E-state index < -0.39 is 6.04 Å². The zero-order chi connectivity index (χ0) is 20.8. The van der Waals surface area contributed by atoms with Gasteiger partial charge in [-0.1, -0.05) is 29.8 Å². The van der Waals surface area contributed by atoms with Gasteiger partial charge in [0.15, 0.2) is 11.5 Å². The molecule has 1 unspecified atom stereocenters. The Morgan fingerprint density at radius 1 is 1.10 bits per heavy atom. The molecule has 0 bridgehead atoms. The summed E-state index contributed by atoms with van der Waals surface area (Å²) in [4.78, 5) is 27.0. The molecule has 3 rings (SSSR count). The molecular weight excluding hydrogens is 392 g/mol. The maximum absolute atomic E-state index is 13.0. The second-order valence-electron chi connectivity index (χ2n) is 6.91. The number of nitrogens with zero attached hydrogens (tertiary/aromatic N) is 1. The van der Waals surface area contributed by atoms with Crippen molar-refractivity contribution in [3.63, 3.8) is 0 Å². The quantitative estimate of drug-likeness (QED) is 0.714. The molecule has 2 aromatic rings. The first-order chi connectivity index (χ1) is 14.0. The third-order valence-electron chi connectivity index (χ3n) is 4.85. The van der Waals surface area contributed by atoms with Crippen LogP contribution in [0.15, 0.2) is 42.5 Å². The summed E-state index contributed by atoms with van der Waals surface area (Å²) < 4.78 is 10.7. The van der Waals surface area contributed by atoms with Crippen LogP contribution >= 0.6 is 11.6 Å². The van der Waals surface area contributed by atoms with Gasteiger partial charge in [0.25, 0.3) is 0 Å². The maximum atomic E-state index is 13.0. The van der Waals surface area contributed by atoms with Gasteiger partial charge in [-0.05, 0) is 55.7 Å². The van der Waals surface area contributed by atoms with Crippen molar-refractivity contribution in [2.24, 2.45) is 0 Å². The molecule has 1 N–H and O–H groups in total. The number of aryl methyl sites for hydroxylation is 1. The SMILES string of the molecule is CCNC(=O)C(C)N(Cc1ccc(Cl)cc1)C(=O)CCc1ccc2c(c1)OCO2. The second kappa shape index (κ2) is 9.65. The molecule has 0 saturated heterocycles. The number of amides is 2. The van der Waals surface area contributed by atoms with E-state index in [1.54, 1.807) is 24.0 Å². The molecule has 1 aliphatic heterocycles. The van der Waals surface area contributed by atoms with E-state index in [0.717, 1.165) is 11.1 Å². The fourth-order valence-electron chi connectivity index (χ4n) is 3.18. The molecule has 154 valence electrons. The zero-order valence-corrected chi connectivity index (χ0v) is 17.4. The van der Waals surface area contributed by atoms with Gasteiger partial charge in [0, 0.05) is 24.5 Å². The number of carbonyl (C=O) groups excluding carboxylic acids is 2. The molecule has 29 heavy (non-hydrogen) atoms. The van der Waals surface area contributed by atoms with Crippen molar-refractivity contribution in [1.29, 1.82) is 0 Å². The molecule has 0 aliphatic carbocycles. The molecule has 2 aromatic carbocycles. The molecule has 0 fully saturated rings. The smallest absolute Gasteiger partial charge is 0.242 e. The first-order valence-electron chi connectivity index (χ1n) is 9.68. The van der Waals surface area contributed by atoms with E-state index in [1.807, 2.05) is 37.3 Å². The van der Waals surface area contributed by atoms with E-state index in [4.69, 9.17) is 21.1 Å². The van der Waals surface area contributed by atoms with Gasteiger partial charge >= 0.3 is 0 Å². The lowest BCUT2D eigenvalue weighted by molar-refractivity contribution is -0.140. The van der Waals surface area contributed by atoms with E-state index in [2.05, 4.69) is 5.32 Å². The van der Waals surface area contributed by atoms with Crippen LogP contribution in [0.5, 0.6) is 11.5 Å². The monoisotopic (exact) mass is 416 g/mol. The van der Waals surface area contributed by atoms with Crippen molar-refractivity contribution in [1.82, 2.24) is 10.2 Å². The predicted molar refractivity (Wildman–Crippen MR) is 111 cm³/mol. The van der Waals surface area contributed by atoms with E-state index in [-0.39, 0.29) is 25.0 Å². The van der Waals surface area contributed by atoms with E-state index in [0.29, 0.717) is 36.0 Å². The number of hydrogen-bond donors (Lipinski definition) is 1. The standard InChI is InChI=1S/C22H25ClN2O4/c1-3-24-22(27)15(2)25(13-17-4-8-18(23)9-5-17)21(26)11-7-16-6-10-19-20(12-16)29-14-28-19/h4-6,8-10,12,15H,3,7,11,13-14H2,1-2H3,(H,24,27). The molecule has 1 heterocycles. The Bertz CT molecular complexity index is 870. The first-order valence-corrected chi connectivity index (χ1v) is 10.1. The van der Waals surface area contributed by atoms with Crippen molar-refractivity contribution in [2.45, 2.75) is 39.3 Å². The number of carbonyl (C=O) groups is 2. The number of hydrogen-bond acceptors (Lipinski definition) is 4. The first kappa shape index (κ1) is 21.0. The van der Waals surface area contributed by atoms with E-state index in [1.165, 1.54) is 0 Å². The van der Waals surface area contributed by atoms with Crippen molar-refractivity contribution in [3.8, 4) is 11.5 Å². The summed E-state index contributed by atoms with van der Waals surface area (Å²) in [5.74, 6) is 1.16. The molecule has 6 nitrogen and oxygen atoms in total. The van der Waals surface area contributed by atoms with Crippen molar-refractivity contribution in [2.75, 3.05) is 13.3 Å². The van der Waals surface area contributed by atoms with Crippen LogP contribution in [0.2, 0.25) is 5.02 Å². The molecule has 0 saturated carbocycles. The summed E-state index contributed by atoms with van der Waals surface area (Å²) in [6.07, 6.45) is 0.839. The van der Waals surface area contributed by atoms with Gasteiger partial charge in [0.2, 0.25) is 18.6 Å². The Labute approximate surface area is 175 Å². The lowest BCUT2D eigenvalue weighted by atomic mass is 10.1. The van der Waals surface area contributed by atoms with Crippen molar-refractivity contribution < 1.29 is 19.1 Å². The molecule has 7 heteroatoms. The number of benzene rings is 2. The Balaban J connectivity index is 1.70. The Hall–Kier alpha value is -2.73. The molecule has 1 atom stereocenters. The molecular formula is C22H25ClN2O4. The number of halogens is 1. The normalized spacial score (nSPS) is 13.1. The van der Waals surface area contributed by atoms with Crippen LogP contribution in [0.1, 0.15) is 31.4 Å². The van der Waals surface area contributed by atoms with Gasteiger partial charge in [-0.15, -0.1) is 0 Å². The summed E-state index contributed by atoms with van der Waals surface area (Å²) in [5.41, 5.74) is 1.90. The molecule has 0 aromatic heterocycles. The number of rotatable bonds is 8. The Morgan fingerprint density at radius 2 is 1.79 bits per heavy atom. The highest BCUT2D eigenvalue weighted by atomic mass is 35.5. The van der Waals surface area contributed by atoms with Gasteiger partial charge in [-0.2, -0.15) is 0 Å². The van der Waals surface area contributed by atoms with Crippen LogP contribution in [0, 0.1) is 0 Å². The molecule has 0 spiro atoms. The zero-order valence-electron chi connectivity index (χ0n) is 16.6. The third kappa shape index (κ3) is 5.41. The van der Waals surface area contributed by atoms with Crippen LogP contribution in [-0.4, -0.2) is 36.1 Å². The maximum Gasteiger partial charge on any atom is 0.242 e. The van der Waals surface area contributed by atoms with Crippen LogP contribution in [0.3, 0.4) is 0 Å². The van der Waals surface area contributed by atoms with Gasteiger partial charge in [0.05, 0.1) is 0 Å². The largest absolute Gasteiger partial charge is 0.454 e. The summed E-state index contributed by atoms with van der Waals surface area (Å²) in [6, 6.07) is 12.4. The van der Waals surface area contributed by atoms with Gasteiger partial charge < -0.3 is 19.7 Å². The number of ether oxygens (including phenoxy) is 2. The molecule has 1 aliphatic rings. The van der Waals surface area contributed by atoms with Crippen LogP contribution in [-0.2, 0) is 22.6 Å². The fourth-order valence-corrected chi connectivity index (χ4v) is 3.31. The predicted octanol–water partition coefficient (Wildman–Crippen LogP) is 3.55. The van der Waals surface area contributed by atoms with Crippen LogP contribution in [0.4, 0.5) is 0 Å². The van der Waals surface area contributed by atoms with Crippen LogP contribution in [0.25, 0.3) is 0 Å². The lowest BCUT2D eigenvalue weighted by Gasteiger charge is -2.29.